The monoisotopic (exact) mass is 428 g/mol. The number of hydrogen-bond donors (Lipinski definition) is 1. The van der Waals surface area contributed by atoms with Crippen molar-refractivity contribution in [2.24, 2.45) is 0 Å². The van der Waals surface area contributed by atoms with Crippen LogP contribution >= 0.6 is 0 Å². The average Bonchev–Trinajstić information content (AvgIpc) is 2.82. The molecule has 0 saturated carbocycles. The molecule has 0 saturated heterocycles. The highest BCUT2D eigenvalue weighted by Crippen LogP contribution is 2.37. The largest absolute Gasteiger partial charge is 0.479 e. The Morgan fingerprint density at radius 2 is 1.62 bits per heavy atom. The predicted octanol–water partition coefficient (Wildman–Crippen LogP) is 5.37. The quantitative estimate of drug-likeness (QED) is 0.550. The lowest BCUT2D eigenvalue weighted by Gasteiger charge is -2.33. The smallest absolute Gasteiger partial charge is 0.267 e. The van der Waals surface area contributed by atoms with E-state index in [0.717, 1.165) is 17.5 Å². The molecule has 0 aliphatic carbocycles. The van der Waals surface area contributed by atoms with Crippen LogP contribution in [0.1, 0.15) is 43.7 Å². The number of rotatable bonds is 7. The van der Waals surface area contributed by atoms with Crippen LogP contribution < -0.4 is 15.0 Å². The zero-order chi connectivity index (χ0) is 22.5. The normalized spacial score (nSPS) is 15.3. The molecule has 3 aromatic carbocycles. The van der Waals surface area contributed by atoms with Gasteiger partial charge in [0.1, 0.15) is 5.75 Å². The highest BCUT2D eigenvalue weighted by Gasteiger charge is 2.31. The number of nitrogens with zero attached hydrogens (tertiary/aromatic N) is 1. The van der Waals surface area contributed by atoms with Crippen LogP contribution in [0.5, 0.6) is 5.75 Å². The van der Waals surface area contributed by atoms with Gasteiger partial charge in [-0.3, -0.25) is 9.59 Å². The van der Waals surface area contributed by atoms with Crippen LogP contribution in [-0.2, 0) is 9.59 Å². The summed E-state index contributed by atoms with van der Waals surface area (Å²) in [5, 5.41) is 3.02. The van der Waals surface area contributed by atoms with E-state index in [1.54, 1.807) is 11.8 Å². The molecule has 0 radical (unpaired) electrons. The van der Waals surface area contributed by atoms with Crippen molar-refractivity contribution in [3.05, 3.63) is 90.0 Å². The van der Waals surface area contributed by atoms with E-state index in [1.165, 1.54) is 0 Å². The lowest BCUT2D eigenvalue weighted by atomic mass is 9.88. The molecule has 1 aliphatic rings. The van der Waals surface area contributed by atoms with Gasteiger partial charge in [0.15, 0.2) is 6.10 Å². The fourth-order valence-electron chi connectivity index (χ4n) is 4.14. The Bertz CT molecular complexity index is 1040. The average molecular weight is 429 g/mol. The fourth-order valence-corrected chi connectivity index (χ4v) is 4.14. The third-order valence-electron chi connectivity index (χ3n) is 5.69. The van der Waals surface area contributed by atoms with E-state index in [0.29, 0.717) is 30.1 Å². The van der Waals surface area contributed by atoms with Crippen molar-refractivity contribution < 1.29 is 14.3 Å². The van der Waals surface area contributed by atoms with E-state index in [9.17, 15) is 9.59 Å². The first-order valence-corrected chi connectivity index (χ1v) is 11.1. The van der Waals surface area contributed by atoms with Gasteiger partial charge < -0.3 is 15.0 Å². The Balaban J connectivity index is 1.55. The second kappa shape index (κ2) is 9.69. The molecule has 0 bridgehead atoms. The Hall–Kier alpha value is -3.60. The number of ether oxygens (including phenoxy) is 1. The van der Waals surface area contributed by atoms with Crippen molar-refractivity contribution in [3.8, 4) is 5.75 Å². The van der Waals surface area contributed by atoms with Crippen LogP contribution in [0.25, 0.3) is 0 Å². The predicted molar refractivity (Wildman–Crippen MR) is 127 cm³/mol. The molecule has 32 heavy (non-hydrogen) atoms. The number of carbonyl (C=O) groups is 2. The number of fused-ring (bicyclic) bond motifs is 1. The highest BCUT2D eigenvalue weighted by molar-refractivity contribution is 6.01. The maximum atomic E-state index is 13.0. The van der Waals surface area contributed by atoms with Crippen LogP contribution in [0.4, 0.5) is 11.4 Å². The lowest BCUT2D eigenvalue weighted by Crippen LogP contribution is -2.44. The van der Waals surface area contributed by atoms with Gasteiger partial charge in [-0.05, 0) is 42.7 Å². The molecule has 0 aromatic heterocycles. The van der Waals surface area contributed by atoms with E-state index in [2.05, 4.69) is 29.6 Å². The first-order valence-electron chi connectivity index (χ1n) is 11.1. The number of amides is 2. The summed E-state index contributed by atoms with van der Waals surface area (Å²) >= 11 is 0. The Labute approximate surface area is 189 Å². The molecular formula is C27H28N2O3. The maximum absolute atomic E-state index is 13.0. The van der Waals surface area contributed by atoms with Gasteiger partial charge in [0.05, 0.1) is 5.69 Å². The molecule has 2 amide bonds. The molecule has 164 valence electrons. The van der Waals surface area contributed by atoms with E-state index < -0.39 is 6.10 Å². The second-order valence-corrected chi connectivity index (χ2v) is 8.06. The van der Waals surface area contributed by atoms with Crippen LogP contribution in [0, 0.1) is 0 Å². The third kappa shape index (κ3) is 4.67. The number of anilines is 2. The summed E-state index contributed by atoms with van der Waals surface area (Å²) < 4.78 is 5.76. The molecule has 0 fully saturated rings. The molecule has 0 spiro atoms. The van der Waals surface area contributed by atoms with Gasteiger partial charge in [0.25, 0.3) is 5.91 Å². The fraction of sp³-hybridized carbons (Fsp3) is 0.259. The summed E-state index contributed by atoms with van der Waals surface area (Å²) in [4.78, 5) is 27.4. The van der Waals surface area contributed by atoms with Crippen molar-refractivity contribution in [1.29, 1.82) is 0 Å². The van der Waals surface area contributed by atoms with E-state index in [1.807, 2.05) is 61.5 Å². The van der Waals surface area contributed by atoms with Gasteiger partial charge in [0.2, 0.25) is 5.91 Å². The van der Waals surface area contributed by atoms with E-state index in [-0.39, 0.29) is 17.7 Å². The zero-order valence-corrected chi connectivity index (χ0v) is 18.5. The topological polar surface area (TPSA) is 58.6 Å². The molecule has 3 aromatic rings. The summed E-state index contributed by atoms with van der Waals surface area (Å²) in [6.45, 7) is 4.41. The molecule has 1 atom stereocenters. The van der Waals surface area contributed by atoms with Gasteiger partial charge in [-0.1, -0.05) is 67.6 Å². The van der Waals surface area contributed by atoms with Crippen molar-refractivity contribution in [2.45, 2.75) is 38.7 Å². The van der Waals surface area contributed by atoms with Gasteiger partial charge in [-0.15, -0.1) is 0 Å². The minimum Gasteiger partial charge on any atom is -0.479 e. The SMILES string of the molecule is CCCN1C(=O)C(C)Oc2ccc(NC(=O)CC(c3ccccc3)c3ccccc3)cc21. The van der Waals surface area contributed by atoms with Crippen molar-refractivity contribution in [2.75, 3.05) is 16.8 Å². The van der Waals surface area contributed by atoms with Gasteiger partial charge in [0, 0.05) is 24.6 Å². The molecule has 1 aliphatic heterocycles. The lowest BCUT2D eigenvalue weighted by molar-refractivity contribution is -0.125. The summed E-state index contributed by atoms with van der Waals surface area (Å²) in [7, 11) is 0. The van der Waals surface area contributed by atoms with Gasteiger partial charge >= 0.3 is 0 Å². The summed E-state index contributed by atoms with van der Waals surface area (Å²) in [6, 6.07) is 25.6. The Kier molecular flexibility index (Phi) is 6.55. The van der Waals surface area contributed by atoms with Crippen molar-refractivity contribution in [3.63, 3.8) is 0 Å². The number of carbonyl (C=O) groups excluding carboxylic acids is 2. The molecule has 5 heteroatoms. The van der Waals surface area contributed by atoms with Crippen LogP contribution in [-0.4, -0.2) is 24.5 Å². The van der Waals surface area contributed by atoms with Gasteiger partial charge in [-0.25, -0.2) is 0 Å². The first-order chi connectivity index (χ1) is 15.6. The highest BCUT2D eigenvalue weighted by atomic mass is 16.5. The molecule has 5 nitrogen and oxygen atoms in total. The summed E-state index contributed by atoms with van der Waals surface area (Å²) in [5.74, 6) is 0.476. The van der Waals surface area contributed by atoms with Crippen molar-refractivity contribution >= 4 is 23.2 Å². The van der Waals surface area contributed by atoms with Crippen LogP contribution in [0.2, 0.25) is 0 Å². The molecular weight excluding hydrogens is 400 g/mol. The standard InChI is InChI=1S/C27H28N2O3/c1-3-16-29-24-17-22(14-15-25(24)32-19(2)27(29)31)28-26(30)18-23(20-10-6-4-7-11-20)21-12-8-5-9-13-21/h4-15,17,19,23H,3,16,18H2,1-2H3,(H,28,30). The number of benzene rings is 3. The van der Waals surface area contributed by atoms with Gasteiger partial charge in [-0.2, -0.15) is 0 Å². The van der Waals surface area contributed by atoms with Crippen LogP contribution in [0.3, 0.4) is 0 Å². The molecule has 1 unspecified atom stereocenters. The van der Waals surface area contributed by atoms with Crippen LogP contribution in [0.15, 0.2) is 78.9 Å². The first kappa shape index (κ1) is 21.6. The Morgan fingerprint density at radius 1 is 1.00 bits per heavy atom. The number of hydrogen-bond acceptors (Lipinski definition) is 3. The molecule has 1 N–H and O–H groups in total. The maximum Gasteiger partial charge on any atom is 0.267 e. The number of nitrogens with one attached hydrogen (secondary N) is 1. The molecule has 4 rings (SSSR count). The van der Waals surface area contributed by atoms with Crippen molar-refractivity contribution in [1.82, 2.24) is 0 Å². The third-order valence-corrected chi connectivity index (χ3v) is 5.69. The van der Waals surface area contributed by atoms with E-state index in [4.69, 9.17) is 4.74 Å². The Morgan fingerprint density at radius 3 is 2.22 bits per heavy atom. The summed E-state index contributed by atoms with van der Waals surface area (Å²) in [6.07, 6.45) is 0.646. The summed E-state index contributed by atoms with van der Waals surface area (Å²) in [5.41, 5.74) is 3.55. The zero-order valence-electron chi connectivity index (χ0n) is 18.5. The minimum atomic E-state index is -0.507. The second-order valence-electron chi connectivity index (χ2n) is 8.06. The molecule has 1 heterocycles. The van der Waals surface area contributed by atoms with E-state index >= 15 is 0 Å². The minimum absolute atomic E-state index is 0.0441.